The average molecular weight is 369 g/mol. The number of carbonyl (C=O) groups is 2. The number of nitrogens with one attached hydrogen (secondary N) is 2. The minimum atomic E-state index is -0.367. The van der Waals surface area contributed by atoms with E-state index in [1.165, 1.54) is 0 Å². The lowest BCUT2D eigenvalue weighted by molar-refractivity contribution is -0.118. The highest BCUT2D eigenvalue weighted by Crippen LogP contribution is 2.30. The number of aromatic nitrogens is 2. The zero-order chi connectivity index (χ0) is 18.1. The van der Waals surface area contributed by atoms with Gasteiger partial charge >= 0.3 is 0 Å². The number of rotatable bonds is 3. The Kier molecular flexibility index (Phi) is 4.06. The molecule has 0 spiro atoms. The number of imidazole rings is 1. The van der Waals surface area contributed by atoms with Crippen LogP contribution >= 0.6 is 11.6 Å². The third-order valence-corrected chi connectivity index (χ3v) is 4.03. The third kappa shape index (κ3) is 3.25. The molecule has 1 aliphatic rings. The van der Waals surface area contributed by atoms with E-state index in [-0.39, 0.29) is 24.1 Å². The summed E-state index contributed by atoms with van der Waals surface area (Å²) in [6.07, 6.45) is 3.16. The summed E-state index contributed by atoms with van der Waals surface area (Å²) in [4.78, 5) is 28.0. The molecule has 0 aliphatic carbocycles. The molecule has 26 heavy (non-hydrogen) atoms. The van der Waals surface area contributed by atoms with Crippen molar-refractivity contribution in [3.05, 3.63) is 65.7 Å². The van der Waals surface area contributed by atoms with E-state index in [1.54, 1.807) is 47.4 Å². The molecule has 0 fully saturated rings. The lowest BCUT2D eigenvalue weighted by Crippen LogP contribution is -2.25. The van der Waals surface area contributed by atoms with Crippen molar-refractivity contribution in [2.75, 3.05) is 17.2 Å². The highest BCUT2D eigenvalue weighted by Gasteiger charge is 2.17. The summed E-state index contributed by atoms with van der Waals surface area (Å²) in [6, 6.07) is 12.3. The lowest BCUT2D eigenvalue weighted by Gasteiger charge is -2.18. The van der Waals surface area contributed by atoms with Gasteiger partial charge in [-0.05, 0) is 36.4 Å². The van der Waals surface area contributed by atoms with E-state index in [9.17, 15) is 9.59 Å². The molecule has 0 bridgehead atoms. The second-order valence-corrected chi connectivity index (χ2v) is 6.08. The molecule has 0 saturated heterocycles. The molecule has 0 atom stereocenters. The first-order valence-electron chi connectivity index (χ1n) is 7.76. The molecule has 2 N–H and O–H groups in total. The number of nitrogens with zero attached hydrogens (tertiary/aromatic N) is 2. The third-order valence-electron chi connectivity index (χ3n) is 3.79. The predicted molar refractivity (Wildman–Crippen MR) is 97.1 cm³/mol. The van der Waals surface area contributed by atoms with Crippen molar-refractivity contribution in [1.29, 1.82) is 0 Å². The minimum absolute atomic E-state index is 0.0142. The number of anilines is 2. The number of amides is 2. The van der Waals surface area contributed by atoms with Gasteiger partial charge in [-0.1, -0.05) is 17.7 Å². The average Bonchev–Trinajstić information content (AvgIpc) is 3.12. The summed E-state index contributed by atoms with van der Waals surface area (Å²) in [7, 11) is 0. The maximum Gasteiger partial charge on any atom is 0.275 e. The number of ether oxygens (including phenoxy) is 1. The molecule has 2 amide bonds. The fourth-order valence-corrected chi connectivity index (χ4v) is 2.76. The van der Waals surface area contributed by atoms with Crippen LogP contribution < -0.4 is 15.4 Å². The molecule has 0 unspecified atom stereocenters. The first kappa shape index (κ1) is 16.2. The summed E-state index contributed by atoms with van der Waals surface area (Å²) in [5.74, 6) is -0.0390. The largest absolute Gasteiger partial charge is 0.482 e. The molecular formula is C18H13ClN4O3. The first-order chi connectivity index (χ1) is 12.6. The van der Waals surface area contributed by atoms with Gasteiger partial charge in [-0.2, -0.15) is 0 Å². The van der Waals surface area contributed by atoms with Gasteiger partial charge in [-0.15, -0.1) is 0 Å². The van der Waals surface area contributed by atoms with Gasteiger partial charge in [0.05, 0.1) is 5.69 Å². The van der Waals surface area contributed by atoms with Crippen LogP contribution in [0.15, 0.2) is 55.0 Å². The lowest BCUT2D eigenvalue weighted by atomic mass is 10.2. The number of fused-ring (bicyclic) bond motifs is 1. The van der Waals surface area contributed by atoms with Crippen molar-refractivity contribution < 1.29 is 14.3 Å². The Hall–Kier alpha value is -3.32. The summed E-state index contributed by atoms with van der Waals surface area (Å²) in [6.45, 7) is -0.0142. The topological polar surface area (TPSA) is 85.2 Å². The van der Waals surface area contributed by atoms with Gasteiger partial charge in [-0.3, -0.25) is 9.59 Å². The second kappa shape index (κ2) is 6.53. The summed E-state index contributed by atoms with van der Waals surface area (Å²) in [5.41, 5.74) is 2.10. The van der Waals surface area contributed by atoms with Crippen LogP contribution in [0.25, 0.3) is 5.69 Å². The zero-order valence-electron chi connectivity index (χ0n) is 13.4. The summed E-state index contributed by atoms with van der Waals surface area (Å²) >= 11 is 5.99. The predicted octanol–water partition coefficient (Wildman–Crippen LogP) is 3.11. The van der Waals surface area contributed by atoms with E-state index in [4.69, 9.17) is 16.3 Å². The van der Waals surface area contributed by atoms with Crippen molar-refractivity contribution in [2.45, 2.75) is 0 Å². The Bertz CT molecular complexity index is 1020. The maximum absolute atomic E-state index is 12.4. The number of halogens is 1. The van der Waals surface area contributed by atoms with Crippen LogP contribution in [0.1, 0.15) is 10.5 Å². The fourth-order valence-electron chi connectivity index (χ4n) is 2.57. The molecule has 8 heteroatoms. The van der Waals surface area contributed by atoms with Crippen LogP contribution in [0.3, 0.4) is 0 Å². The van der Waals surface area contributed by atoms with E-state index in [2.05, 4.69) is 15.6 Å². The van der Waals surface area contributed by atoms with Crippen LogP contribution in [-0.2, 0) is 4.79 Å². The van der Waals surface area contributed by atoms with Crippen molar-refractivity contribution >= 4 is 34.8 Å². The van der Waals surface area contributed by atoms with Crippen LogP contribution in [0.2, 0.25) is 5.02 Å². The number of carbonyl (C=O) groups excluding carboxylic acids is 2. The molecule has 1 aromatic heterocycles. The van der Waals surface area contributed by atoms with Gasteiger partial charge in [0.15, 0.2) is 6.61 Å². The van der Waals surface area contributed by atoms with E-state index in [0.29, 0.717) is 22.1 Å². The van der Waals surface area contributed by atoms with Crippen LogP contribution in [0.5, 0.6) is 5.75 Å². The SMILES string of the molecule is O=C1COc2ccc(NC(=O)c3cn(-c4cccc(Cl)c4)cn3)cc2N1. The molecule has 7 nitrogen and oxygen atoms in total. The molecule has 1 aliphatic heterocycles. The van der Waals surface area contributed by atoms with Gasteiger partial charge in [0.1, 0.15) is 17.8 Å². The molecule has 2 aromatic carbocycles. The van der Waals surface area contributed by atoms with Gasteiger partial charge in [-0.25, -0.2) is 4.98 Å². The van der Waals surface area contributed by atoms with Crippen molar-refractivity contribution in [3.63, 3.8) is 0 Å². The minimum Gasteiger partial charge on any atom is -0.482 e. The standard InChI is InChI=1S/C18H13ClN4O3/c19-11-2-1-3-13(6-11)23-8-15(20-10-23)18(25)21-12-4-5-16-14(7-12)22-17(24)9-26-16/h1-8,10H,9H2,(H,21,25)(H,22,24). The smallest absolute Gasteiger partial charge is 0.275 e. The zero-order valence-corrected chi connectivity index (χ0v) is 14.2. The fraction of sp³-hybridized carbons (Fsp3) is 0.0556. The Morgan fingerprint density at radius 3 is 3.00 bits per heavy atom. The first-order valence-corrected chi connectivity index (χ1v) is 8.14. The van der Waals surface area contributed by atoms with Gasteiger partial charge in [0.25, 0.3) is 11.8 Å². The Morgan fingerprint density at radius 2 is 2.15 bits per heavy atom. The quantitative estimate of drug-likeness (QED) is 0.743. The molecule has 130 valence electrons. The normalized spacial score (nSPS) is 12.7. The van der Waals surface area contributed by atoms with Crippen molar-refractivity contribution in [3.8, 4) is 11.4 Å². The van der Waals surface area contributed by atoms with Gasteiger partial charge in [0.2, 0.25) is 0 Å². The number of hydrogen-bond donors (Lipinski definition) is 2. The second-order valence-electron chi connectivity index (χ2n) is 5.65. The molecule has 2 heterocycles. The van der Waals surface area contributed by atoms with Gasteiger partial charge in [0, 0.05) is 22.6 Å². The highest BCUT2D eigenvalue weighted by molar-refractivity contribution is 6.30. The van der Waals surface area contributed by atoms with Crippen LogP contribution in [0, 0.1) is 0 Å². The van der Waals surface area contributed by atoms with Crippen LogP contribution in [-0.4, -0.2) is 28.0 Å². The number of hydrogen-bond acceptors (Lipinski definition) is 4. The van der Waals surface area contributed by atoms with E-state index < -0.39 is 0 Å². The van der Waals surface area contributed by atoms with Crippen molar-refractivity contribution in [2.24, 2.45) is 0 Å². The molecule has 0 radical (unpaired) electrons. The molecule has 3 aromatic rings. The van der Waals surface area contributed by atoms with E-state index in [0.717, 1.165) is 5.69 Å². The molecule has 4 rings (SSSR count). The Labute approximate surface area is 153 Å². The summed E-state index contributed by atoms with van der Waals surface area (Å²) in [5, 5.41) is 6.05. The number of benzene rings is 2. The maximum atomic E-state index is 12.4. The van der Waals surface area contributed by atoms with Gasteiger partial charge < -0.3 is 19.9 Å². The van der Waals surface area contributed by atoms with E-state index >= 15 is 0 Å². The molecular weight excluding hydrogens is 356 g/mol. The van der Waals surface area contributed by atoms with Crippen molar-refractivity contribution in [1.82, 2.24) is 9.55 Å². The van der Waals surface area contributed by atoms with Crippen LogP contribution in [0.4, 0.5) is 11.4 Å². The molecule has 0 saturated carbocycles. The monoisotopic (exact) mass is 368 g/mol. The van der Waals surface area contributed by atoms with E-state index in [1.807, 2.05) is 12.1 Å². The Morgan fingerprint density at radius 1 is 1.27 bits per heavy atom. The highest BCUT2D eigenvalue weighted by atomic mass is 35.5. The Balaban J connectivity index is 1.52. The summed E-state index contributed by atoms with van der Waals surface area (Å²) < 4.78 is 7.00.